The Morgan fingerprint density at radius 3 is 3.20 bits per heavy atom. The van der Waals surface area contributed by atoms with Gasteiger partial charge in [-0.15, -0.1) is 11.3 Å². The van der Waals surface area contributed by atoms with Gasteiger partial charge in [0, 0.05) is 30.9 Å². The first-order chi connectivity index (χ1) is 9.70. The van der Waals surface area contributed by atoms with Gasteiger partial charge in [-0.2, -0.15) is 0 Å². The molecule has 106 valence electrons. The van der Waals surface area contributed by atoms with Gasteiger partial charge >= 0.3 is 0 Å². The first-order valence-electron chi connectivity index (χ1n) is 7.12. The third kappa shape index (κ3) is 2.26. The summed E-state index contributed by atoms with van der Waals surface area (Å²) in [4.78, 5) is 19.3. The standard InChI is InChI=1S/C15H19N3OS/c1-2-3-10-5-7-18(9-10)15(19)14-13(16)11-4-6-17-8-12(11)20-14/h4,6,8,10H,2-3,5,7,9,16H2,1H3. The molecule has 1 unspecified atom stereocenters. The van der Waals surface area contributed by atoms with Crippen LogP contribution < -0.4 is 5.73 Å². The molecule has 1 fully saturated rings. The minimum atomic E-state index is 0.0855. The largest absolute Gasteiger partial charge is 0.397 e. The number of carbonyl (C=O) groups is 1. The van der Waals surface area contributed by atoms with Crippen molar-refractivity contribution in [3.8, 4) is 0 Å². The smallest absolute Gasteiger partial charge is 0.266 e. The Balaban J connectivity index is 1.84. The summed E-state index contributed by atoms with van der Waals surface area (Å²) in [7, 11) is 0. The second kappa shape index (κ2) is 5.40. The number of hydrogen-bond donors (Lipinski definition) is 1. The van der Waals surface area contributed by atoms with Gasteiger partial charge in [0.15, 0.2) is 0 Å². The van der Waals surface area contributed by atoms with E-state index in [-0.39, 0.29) is 5.91 Å². The second-order valence-electron chi connectivity index (χ2n) is 5.41. The number of amides is 1. The zero-order chi connectivity index (χ0) is 14.1. The lowest BCUT2D eigenvalue weighted by Crippen LogP contribution is -2.28. The number of carbonyl (C=O) groups excluding carboxylic acids is 1. The molecule has 2 aromatic heterocycles. The normalized spacial score (nSPS) is 18.9. The molecule has 0 aliphatic carbocycles. The fourth-order valence-electron chi connectivity index (χ4n) is 2.93. The maximum Gasteiger partial charge on any atom is 0.266 e. The molecule has 1 aliphatic rings. The molecule has 0 radical (unpaired) electrons. The molecule has 3 heterocycles. The Morgan fingerprint density at radius 1 is 1.60 bits per heavy atom. The average molecular weight is 289 g/mol. The summed E-state index contributed by atoms with van der Waals surface area (Å²) < 4.78 is 0.984. The summed E-state index contributed by atoms with van der Waals surface area (Å²) in [5.74, 6) is 0.739. The van der Waals surface area contributed by atoms with Crippen molar-refractivity contribution in [2.45, 2.75) is 26.2 Å². The zero-order valence-corrected chi connectivity index (χ0v) is 12.4. The van der Waals surface area contributed by atoms with Gasteiger partial charge in [0.1, 0.15) is 4.88 Å². The van der Waals surface area contributed by atoms with E-state index in [2.05, 4.69) is 11.9 Å². The third-order valence-electron chi connectivity index (χ3n) is 4.00. The van der Waals surface area contributed by atoms with Gasteiger partial charge in [0.25, 0.3) is 5.91 Å². The van der Waals surface area contributed by atoms with Gasteiger partial charge in [0.2, 0.25) is 0 Å². The van der Waals surface area contributed by atoms with E-state index in [9.17, 15) is 4.79 Å². The minimum Gasteiger partial charge on any atom is -0.397 e. The van der Waals surface area contributed by atoms with E-state index in [1.54, 1.807) is 12.4 Å². The predicted octanol–water partition coefficient (Wildman–Crippen LogP) is 3.14. The van der Waals surface area contributed by atoms with Crippen LogP contribution >= 0.6 is 11.3 Å². The Bertz CT molecular complexity index is 637. The molecule has 0 saturated carbocycles. The lowest BCUT2D eigenvalue weighted by molar-refractivity contribution is 0.0792. The summed E-state index contributed by atoms with van der Waals surface area (Å²) in [6.45, 7) is 3.93. The van der Waals surface area contributed by atoms with E-state index in [4.69, 9.17) is 5.73 Å². The molecule has 3 rings (SSSR count). The van der Waals surface area contributed by atoms with Crippen LogP contribution in [0.2, 0.25) is 0 Å². The number of nitrogens with two attached hydrogens (primary N) is 1. The molecule has 0 aromatic carbocycles. The summed E-state index contributed by atoms with van der Waals surface area (Å²) in [6, 6.07) is 1.88. The van der Waals surface area contributed by atoms with E-state index in [0.717, 1.165) is 29.6 Å². The number of pyridine rings is 1. The predicted molar refractivity (Wildman–Crippen MR) is 83.0 cm³/mol. The summed E-state index contributed by atoms with van der Waals surface area (Å²) in [6.07, 6.45) is 6.99. The highest BCUT2D eigenvalue weighted by atomic mass is 32.1. The fourth-order valence-corrected chi connectivity index (χ4v) is 3.99. The number of thiophene rings is 1. The van der Waals surface area contributed by atoms with Crippen molar-refractivity contribution >= 4 is 33.0 Å². The Morgan fingerprint density at radius 2 is 2.45 bits per heavy atom. The Labute approximate surface area is 122 Å². The SMILES string of the molecule is CCCC1CCN(C(=O)c2sc3cnccc3c2N)C1. The average Bonchev–Trinajstić information content (AvgIpc) is 3.05. The second-order valence-corrected chi connectivity index (χ2v) is 6.46. The minimum absolute atomic E-state index is 0.0855. The molecule has 2 aromatic rings. The van der Waals surface area contributed by atoms with Crippen LogP contribution in [0.4, 0.5) is 5.69 Å². The number of nitrogen functional groups attached to an aromatic ring is 1. The molecule has 20 heavy (non-hydrogen) atoms. The van der Waals surface area contributed by atoms with Gasteiger partial charge < -0.3 is 10.6 Å². The first-order valence-corrected chi connectivity index (χ1v) is 7.93. The van der Waals surface area contributed by atoms with Crippen molar-refractivity contribution in [2.24, 2.45) is 5.92 Å². The molecule has 0 bridgehead atoms. The van der Waals surface area contributed by atoms with Crippen LogP contribution in [0.3, 0.4) is 0 Å². The summed E-state index contributed by atoms with van der Waals surface area (Å²) >= 11 is 1.45. The highest BCUT2D eigenvalue weighted by molar-refractivity contribution is 7.21. The maximum absolute atomic E-state index is 12.6. The first kappa shape index (κ1) is 13.4. The number of fused-ring (bicyclic) bond motifs is 1. The van der Waals surface area contributed by atoms with E-state index >= 15 is 0 Å². The molecule has 1 saturated heterocycles. The van der Waals surface area contributed by atoms with E-state index in [0.29, 0.717) is 16.5 Å². The lowest BCUT2D eigenvalue weighted by Gasteiger charge is -2.15. The fraction of sp³-hybridized carbons (Fsp3) is 0.467. The molecular formula is C15H19N3OS. The van der Waals surface area contributed by atoms with E-state index in [1.165, 1.54) is 24.2 Å². The van der Waals surface area contributed by atoms with Crippen LogP contribution in [0.25, 0.3) is 10.1 Å². The monoisotopic (exact) mass is 289 g/mol. The molecule has 1 aliphatic heterocycles. The zero-order valence-electron chi connectivity index (χ0n) is 11.6. The highest BCUT2D eigenvalue weighted by Crippen LogP contribution is 2.34. The number of nitrogens with zero attached hydrogens (tertiary/aromatic N) is 2. The van der Waals surface area contributed by atoms with Crippen molar-refractivity contribution in [1.29, 1.82) is 0 Å². The topological polar surface area (TPSA) is 59.2 Å². The van der Waals surface area contributed by atoms with Crippen LogP contribution in [0.15, 0.2) is 18.5 Å². The number of aromatic nitrogens is 1. The number of likely N-dealkylation sites (tertiary alicyclic amines) is 1. The molecule has 1 amide bonds. The van der Waals surface area contributed by atoms with Gasteiger partial charge in [-0.05, 0) is 24.8 Å². The van der Waals surface area contributed by atoms with Gasteiger partial charge in [-0.25, -0.2) is 0 Å². The molecular weight excluding hydrogens is 270 g/mol. The summed E-state index contributed by atoms with van der Waals surface area (Å²) in [5, 5.41) is 0.942. The van der Waals surface area contributed by atoms with Crippen molar-refractivity contribution < 1.29 is 4.79 Å². The Kier molecular flexibility index (Phi) is 3.61. The third-order valence-corrected chi connectivity index (χ3v) is 5.14. The summed E-state index contributed by atoms with van der Waals surface area (Å²) in [5.41, 5.74) is 6.74. The van der Waals surface area contributed by atoms with Gasteiger partial charge in [0.05, 0.1) is 10.4 Å². The van der Waals surface area contributed by atoms with E-state index < -0.39 is 0 Å². The van der Waals surface area contributed by atoms with Crippen LogP contribution in [0.5, 0.6) is 0 Å². The van der Waals surface area contributed by atoms with Crippen LogP contribution in [-0.4, -0.2) is 28.9 Å². The maximum atomic E-state index is 12.6. The molecule has 2 N–H and O–H groups in total. The lowest BCUT2D eigenvalue weighted by atomic mass is 10.0. The van der Waals surface area contributed by atoms with Crippen molar-refractivity contribution in [3.63, 3.8) is 0 Å². The molecule has 1 atom stereocenters. The Hall–Kier alpha value is -1.62. The number of anilines is 1. The van der Waals surface area contributed by atoms with Crippen molar-refractivity contribution in [2.75, 3.05) is 18.8 Å². The number of hydrogen-bond acceptors (Lipinski definition) is 4. The van der Waals surface area contributed by atoms with Crippen LogP contribution in [0, 0.1) is 5.92 Å². The van der Waals surface area contributed by atoms with Gasteiger partial charge in [-0.1, -0.05) is 13.3 Å². The molecule has 0 spiro atoms. The molecule has 5 heteroatoms. The van der Waals surface area contributed by atoms with Crippen molar-refractivity contribution in [1.82, 2.24) is 9.88 Å². The quantitative estimate of drug-likeness (QED) is 0.944. The van der Waals surface area contributed by atoms with Gasteiger partial charge in [-0.3, -0.25) is 9.78 Å². The number of rotatable bonds is 3. The highest BCUT2D eigenvalue weighted by Gasteiger charge is 2.28. The van der Waals surface area contributed by atoms with Crippen LogP contribution in [0.1, 0.15) is 35.9 Å². The van der Waals surface area contributed by atoms with E-state index in [1.807, 2.05) is 11.0 Å². The van der Waals surface area contributed by atoms with Crippen molar-refractivity contribution in [3.05, 3.63) is 23.3 Å². The molecule has 4 nitrogen and oxygen atoms in total. The van der Waals surface area contributed by atoms with Crippen LogP contribution in [-0.2, 0) is 0 Å².